The molecule has 2 rings (SSSR count). The first-order valence-corrected chi connectivity index (χ1v) is 6.67. The summed E-state index contributed by atoms with van der Waals surface area (Å²) in [4.78, 5) is 0. The minimum atomic E-state index is 0.141. The van der Waals surface area contributed by atoms with Gasteiger partial charge in [-0.05, 0) is 49.3 Å². The molecule has 0 bridgehead atoms. The zero-order valence-electron chi connectivity index (χ0n) is 10.4. The lowest BCUT2D eigenvalue weighted by Crippen LogP contribution is -2.30. The number of aromatic hydroxyl groups is 1. The molecule has 2 N–H and O–H groups in total. The Morgan fingerprint density at radius 2 is 1.82 bits per heavy atom. The number of hydrogen-bond donors (Lipinski definition) is 2. The highest BCUT2D eigenvalue weighted by Gasteiger charge is 2.23. The topological polar surface area (TPSA) is 32.3 Å². The number of anilines is 1. The van der Waals surface area contributed by atoms with E-state index in [4.69, 9.17) is 11.6 Å². The van der Waals surface area contributed by atoms with Crippen molar-refractivity contribution in [1.29, 1.82) is 0 Å². The van der Waals surface area contributed by atoms with Crippen LogP contribution in [0.2, 0.25) is 5.02 Å². The second kappa shape index (κ2) is 5.18. The van der Waals surface area contributed by atoms with Crippen LogP contribution in [0.25, 0.3) is 0 Å². The van der Waals surface area contributed by atoms with Crippen molar-refractivity contribution in [1.82, 2.24) is 0 Å². The second-order valence-corrected chi connectivity index (χ2v) is 5.83. The molecular weight excluding hydrogens is 234 g/mol. The van der Waals surface area contributed by atoms with Gasteiger partial charge in [0.05, 0.1) is 5.02 Å². The maximum absolute atomic E-state index is 9.37. The summed E-state index contributed by atoms with van der Waals surface area (Å²) in [7, 11) is 0. The summed E-state index contributed by atoms with van der Waals surface area (Å²) in [6.45, 7) is 4.63. The SMILES string of the molecule is CC1CC(C)CC(Nc2ccc(O)c(Cl)c2)C1. The number of phenolic OH excluding ortho intramolecular Hbond substituents is 1. The molecule has 17 heavy (non-hydrogen) atoms. The van der Waals surface area contributed by atoms with Crippen LogP contribution in [0.3, 0.4) is 0 Å². The van der Waals surface area contributed by atoms with E-state index in [1.807, 2.05) is 6.07 Å². The average Bonchev–Trinajstić information content (AvgIpc) is 2.22. The van der Waals surface area contributed by atoms with E-state index in [0.29, 0.717) is 11.1 Å². The monoisotopic (exact) mass is 253 g/mol. The lowest BCUT2D eigenvalue weighted by Gasteiger charge is -2.32. The van der Waals surface area contributed by atoms with Crippen LogP contribution in [0.4, 0.5) is 5.69 Å². The third kappa shape index (κ3) is 3.29. The van der Waals surface area contributed by atoms with Gasteiger partial charge in [0.15, 0.2) is 0 Å². The van der Waals surface area contributed by atoms with Crippen molar-refractivity contribution in [2.45, 2.75) is 39.2 Å². The molecule has 1 aliphatic rings. The van der Waals surface area contributed by atoms with Crippen molar-refractivity contribution in [2.24, 2.45) is 11.8 Å². The van der Waals surface area contributed by atoms with Crippen LogP contribution in [0, 0.1) is 11.8 Å². The first-order chi connectivity index (χ1) is 8.04. The summed E-state index contributed by atoms with van der Waals surface area (Å²) in [5.41, 5.74) is 0.999. The normalized spacial score (nSPS) is 29.0. The van der Waals surface area contributed by atoms with Crippen LogP contribution in [-0.2, 0) is 0 Å². The van der Waals surface area contributed by atoms with Crippen LogP contribution in [-0.4, -0.2) is 11.1 Å². The molecule has 0 saturated heterocycles. The summed E-state index contributed by atoms with van der Waals surface area (Å²) in [5.74, 6) is 1.70. The van der Waals surface area contributed by atoms with Gasteiger partial charge in [-0.1, -0.05) is 25.4 Å². The molecule has 0 aromatic heterocycles. The first-order valence-electron chi connectivity index (χ1n) is 6.29. The number of benzene rings is 1. The van der Waals surface area contributed by atoms with Gasteiger partial charge in [0.25, 0.3) is 0 Å². The van der Waals surface area contributed by atoms with Crippen LogP contribution in [0.5, 0.6) is 5.75 Å². The van der Waals surface area contributed by atoms with Gasteiger partial charge in [0.1, 0.15) is 5.75 Å². The van der Waals surface area contributed by atoms with Crippen LogP contribution in [0.15, 0.2) is 18.2 Å². The predicted molar refractivity (Wildman–Crippen MR) is 72.7 cm³/mol. The maximum Gasteiger partial charge on any atom is 0.134 e. The molecule has 2 unspecified atom stereocenters. The number of phenols is 1. The lowest BCUT2D eigenvalue weighted by molar-refractivity contribution is 0.281. The Morgan fingerprint density at radius 3 is 2.41 bits per heavy atom. The number of rotatable bonds is 2. The Kier molecular flexibility index (Phi) is 3.82. The Morgan fingerprint density at radius 1 is 1.18 bits per heavy atom. The Bertz CT molecular complexity index is 384. The van der Waals surface area contributed by atoms with E-state index < -0.39 is 0 Å². The first kappa shape index (κ1) is 12.6. The van der Waals surface area contributed by atoms with Gasteiger partial charge < -0.3 is 10.4 Å². The molecule has 0 aliphatic heterocycles. The number of hydrogen-bond acceptors (Lipinski definition) is 2. The van der Waals surface area contributed by atoms with Crippen molar-refractivity contribution >= 4 is 17.3 Å². The third-order valence-corrected chi connectivity index (χ3v) is 3.80. The Balaban J connectivity index is 2.02. The molecule has 2 nitrogen and oxygen atoms in total. The van der Waals surface area contributed by atoms with Crippen molar-refractivity contribution in [3.05, 3.63) is 23.2 Å². The van der Waals surface area contributed by atoms with Gasteiger partial charge in [-0.2, -0.15) is 0 Å². The van der Waals surface area contributed by atoms with Crippen molar-refractivity contribution in [2.75, 3.05) is 5.32 Å². The summed E-state index contributed by atoms with van der Waals surface area (Å²) >= 11 is 5.90. The molecule has 0 radical (unpaired) electrons. The van der Waals surface area contributed by atoms with Crippen LogP contribution < -0.4 is 5.32 Å². The second-order valence-electron chi connectivity index (χ2n) is 5.42. The largest absolute Gasteiger partial charge is 0.506 e. The molecule has 2 atom stereocenters. The molecule has 3 heteroatoms. The van der Waals surface area contributed by atoms with E-state index >= 15 is 0 Å². The molecule has 0 amide bonds. The molecule has 1 aliphatic carbocycles. The highest BCUT2D eigenvalue weighted by atomic mass is 35.5. The van der Waals surface area contributed by atoms with Gasteiger partial charge >= 0.3 is 0 Å². The predicted octanol–water partition coefficient (Wildman–Crippen LogP) is 4.28. The number of halogens is 1. The minimum Gasteiger partial charge on any atom is -0.506 e. The van der Waals surface area contributed by atoms with E-state index in [-0.39, 0.29) is 5.75 Å². The van der Waals surface area contributed by atoms with Crippen LogP contribution >= 0.6 is 11.6 Å². The van der Waals surface area contributed by atoms with E-state index in [1.165, 1.54) is 19.3 Å². The fourth-order valence-corrected chi connectivity index (χ4v) is 3.08. The number of nitrogens with one attached hydrogen (secondary N) is 1. The highest BCUT2D eigenvalue weighted by molar-refractivity contribution is 6.32. The Labute approximate surface area is 108 Å². The van der Waals surface area contributed by atoms with Gasteiger partial charge in [0.2, 0.25) is 0 Å². The summed E-state index contributed by atoms with van der Waals surface area (Å²) in [5, 5.41) is 13.3. The van der Waals surface area contributed by atoms with E-state index in [1.54, 1.807) is 12.1 Å². The van der Waals surface area contributed by atoms with Gasteiger partial charge in [-0.3, -0.25) is 0 Å². The zero-order chi connectivity index (χ0) is 12.4. The zero-order valence-corrected chi connectivity index (χ0v) is 11.2. The molecule has 1 aromatic rings. The Hall–Kier alpha value is -0.890. The van der Waals surface area contributed by atoms with E-state index in [0.717, 1.165) is 17.5 Å². The molecular formula is C14H20ClNO. The van der Waals surface area contributed by atoms with Gasteiger partial charge in [-0.15, -0.1) is 0 Å². The molecule has 1 fully saturated rings. The minimum absolute atomic E-state index is 0.141. The molecule has 1 aromatic carbocycles. The fourth-order valence-electron chi connectivity index (χ4n) is 2.90. The maximum atomic E-state index is 9.37. The van der Waals surface area contributed by atoms with Crippen LogP contribution in [0.1, 0.15) is 33.1 Å². The molecule has 94 valence electrons. The average molecular weight is 254 g/mol. The van der Waals surface area contributed by atoms with E-state index in [2.05, 4.69) is 19.2 Å². The fraction of sp³-hybridized carbons (Fsp3) is 0.571. The quantitative estimate of drug-likeness (QED) is 0.771. The smallest absolute Gasteiger partial charge is 0.134 e. The van der Waals surface area contributed by atoms with Crippen molar-refractivity contribution < 1.29 is 5.11 Å². The van der Waals surface area contributed by atoms with Crippen molar-refractivity contribution in [3.63, 3.8) is 0 Å². The molecule has 1 saturated carbocycles. The van der Waals surface area contributed by atoms with Crippen molar-refractivity contribution in [3.8, 4) is 5.75 Å². The molecule has 0 spiro atoms. The third-order valence-electron chi connectivity index (χ3n) is 3.50. The standard InChI is InChI=1S/C14H20ClNO/c1-9-5-10(2)7-12(6-9)16-11-3-4-14(17)13(15)8-11/h3-4,8-10,12,16-17H,5-7H2,1-2H3. The van der Waals surface area contributed by atoms with E-state index in [9.17, 15) is 5.11 Å². The highest BCUT2D eigenvalue weighted by Crippen LogP contribution is 2.32. The lowest BCUT2D eigenvalue weighted by atomic mass is 9.80. The summed E-state index contributed by atoms with van der Waals surface area (Å²) in [6, 6.07) is 5.83. The molecule has 0 heterocycles. The summed E-state index contributed by atoms with van der Waals surface area (Å²) < 4.78 is 0. The van der Waals surface area contributed by atoms with Gasteiger partial charge in [0, 0.05) is 11.7 Å². The summed E-state index contributed by atoms with van der Waals surface area (Å²) in [6.07, 6.45) is 3.75. The van der Waals surface area contributed by atoms with Gasteiger partial charge in [-0.25, -0.2) is 0 Å².